The van der Waals surface area contributed by atoms with Gasteiger partial charge in [-0.1, -0.05) is 122 Å². The van der Waals surface area contributed by atoms with E-state index in [0.717, 1.165) is 38.5 Å². The van der Waals surface area contributed by atoms with Crippen LogP contribution in [0.4, 0.5) is 0 Å². The highest BCUT2D eigenvalue weighted by Crippen LogP contribution is 2.26. The van der Waals surface area contributed by atoms with E-state index in [2.05, 4.69) is 35.5 Å². The third-order valence-electron chi connectivity index (χ3n) is 8.59. The number of rotatable bonds is 29. The highest BCUT2D eigenvalue weighted by atomic mass is 32.3. The van der Waals surface area contributed by atoms with Crippen LogP contribution in [0, 0.1) is 0 Å². The molecule has 1 rings (SSSR count). The first-order valence-corrected chi connectivity index (χ1v) is 19.7. The minimum atomic E-state index is -5.11. The molecule has 0 bridgehead atoms. The Hall–Kier alpha value is -1.46. The molecule has 0 radical (unpaired) electrons. The molecule has 0 saturated carbocycles. The molecule has 0 aromatic carbocycles. The molecule has 0 spiro atoms. The highest BCUT2D eigenvalue weighted by Gasteiger charge is 2.48. The maximum atomic E-state index is 12.9. The summed E-state index contributed by atoms with van der Waals surface area (Å²) < 4.78 is 47.1. The molecule has 8 atom stereocenters. The second-order valence-electron chi connectivity index (χ2n) is 12.9. The van der Waals surface area contributed by atoms with Crippen LogP contribution < -0.4 is 5.32 Å². The lowest BCUT2D eigenvalue weighted by Crippen LogP contribution is -2.61. The standard InChI is InChI=1S/C35H65NO12S/c1-3-5-7-9-11-13-15-17-19-21-23-28(38)27(36-34(42)29(39)24-22-20-18-16-14-12-10-8-6-4-2)26-46-35-32(41)33(48-49(43,44)45)31(40)30(25-37)47-35/h13,15,21,23,27-33,35,37-41H,3-12,14,16-20,22,24-26H2,1-2H3,(H,36,42)(H,43,44,45)/b15-13+,23-21+. The predicted molar refractivity (Wildman–Crippen MR) is 187 cm³/mol. The van der Waals surface area contributed by atoms with Gasteiger partial charge in [0.25, 0.3) is 0 Å². The Bertz CT molecular complexity index is 1010. The Morgan fingerprint density at radius 2 is 1.37 bits per heavy atom. The van der Waals surface area contributed by atoms with Gasteiger partial charge in [0.1, 0.15) is 30.5 Å². The molecular formula is C35H65NO12S. The van der Waals surface area contributed by atoms with Gasteiger partial charge in [-0.05, 0) is 32.1 Å². The number of aliphatic hydroxyl groups excluding tert-OH is 5. The number of ether oxygens (including phenoxy) is 2. The average Bonchev–Trinajstić information content (AvgIpc) is 3.06. The Morgan fingerprint density at radius 1 is 0.816 bits per heavy atom. The molecular weight excluding hydrogens is 658 g/mol. The lowest BCUT2D eigenvalue weighted by molar-refractivity contribution is -0.298. The third kappa shape index (κ3) is 20.9. The van der Waals surface area contributed by atoms with Gasteiger partial charge in [-0.25, -0.2) is 4.18 Å². The molecule has 13 nitrogen and oxygen atoms in total. The lowest BCUT2D eigenvalue weighted by Gasteiger charge is -2.41. The highest BCUT2D eigenvalue weighted by molar-refractivity contribution is 7.80. The molecule has 49 heavy (non-hydrogen) atoms. The molecule has 8 unspecified atom stereocenters. The molecule has 7 N–H and O–H groups in total. The van der Waals surface area contributed by atoms with Gasteiger partial charge in [0.05, 0.1) is 25.4 Å². The van der Waals surface area contributed by atoms with Crippen molar-refractivity contribution in [1.29, 1.82) is 0 Å². The molecule has 0 aromatic heterocycles. The van der Waals surface area contributed by atoms with Gasteiger partial charge < -0.3 is 40.3 Å². The smallest absolute Gasteiger partial charge is 0.394 e. The number of unbranched alkanes of at least 4 members (excludes halogenated alkanes) is 14. The molecule has 1 saturated heterocycles. The molecule has 288 valence electrons. The van der Waals surface area contributed by atoms with Gasteiger partial charge in [-0.3, -0.25) is 9.35 Å². The maximum absolute atomic E-state index is 12.9. The van der Waals surface area contributed by atoms with Gasteiger partial charge in [-0.15, -0.1) is 0 Å². The van der Waals surface area contributed by atoms with E-state index in [1.54, 1.807) is 6.08 Å². The van der Waals surface area contributed by atoms with Crippen molar-refractivity contribution in [3.63, 3.8) is 0 Å². The van der Waals surface area contributed by atoms with Crippen LogP contribution in [0.1, 0.15) is 129 Å². The van der Waals surface area contributed by atoms with E-state index in [-0.39, 0.29) is 6.42 Å². The Kier molecular flexibility index (Phi) is 25.3. The van der Waals surface area contributed by atoms with E-state index in [1.807, 2.05) is 0 Å². The number of carbonyl (C=O) groups excluding carboxylic acids is 1. The van der Waals surface area contributed by atoms with E-state index in [0.29, 0.717) is 12.8 Å². The van der Waals surface area contributed by atoms with Crippen LogP contribution >= 0.6 is 0 Å². The minimum absolute atomic E-state index is 0.238. The van der Waals surface area contributed by atoms with Gasteiger partial charge >= 0.3 is 10.4 Å². The molecule has 1 aliphatic rings. The van der Waals surface area contributed by atoms with Crippen LogP contribution in [0.15, 0.2) is 24.3 Å². The molecule has 0 aliphatic carbocycles. The van der Waals surface area contributed by atoms with Crippen molar-refractivity contribution in [2.45, 2.75) is 178 Å². The number of hydrogen-bond donors (Lipinski definition) is 7. The summed E-state index contributed by atoms with van der Waals surface area (Å²) >= 11 is 0. The Balaban J connectivity index is 2.78. The molecule has 1 amide bonds. The fourth-order valence-electron chi connectivity index (χ4n) is 5.59. The van der Waals surface area contributed by atoms with Crippen molar-refractivity contribution >= 4 is 16.3 Å². The van der Waals surface area contributed by atoms with Crippen molar-refractivity contribution in [3.8, 4) is 0 Å². The zero-order valence-corrected chi connectivity index (χ0v) is 30.4. The summed E-state index contributed by atoms with van der Waals surface area (Å²) in [5, 5.41) is 54.6. The Morgan fingerprint density at radius 3 is 1.96 bits per heavy atom. The quantitative estimate of drug-likeness (QED) is 0.0332. The molecule has 1 fully saturated rings. The largest absolute Gasteiger partial charge is 0.397 e. The van der Waals surface area contributed by atoms with E-state index in [4.69, 9.17) is 14.0 Å². The topological polar surface area (TPSA) is 212 Å². The summed E-state index contributed by atoms with van der Waals surface area (Å²) in [5.74, 6) is -0.718. The maximum Gasteiger partial charge on any atom is 0.397 e. The first-order valence-electron chi connectivity index (χ1n) is 18.3. The number of amides is 1. The van der Waals surface area contributed by atoms with Gasteiger partial charge in [-0.2, -0.15) is 8.42 Å². The van der Waals surface area contributed by atoms with Crippen molar-refractivity contribution in [2.75, 3.05) is 13.2 Å². The van der Waals surface area contributed by atoms with Crippen molar-refractivity contribution in [1.82, 2.24) is 5.32 Å². The summed E-state index contributed by atoms with van der Waals surface area (Å²) in [7, 11) is -5.11. The SMILES string of the molecule is CCCCCC/C=C/CC/C=C/C(O)C(COC1OC(CO)C(O)C(OS(=O)(=O)O)C1O)NC(=O)C(O)CCCCCCCCCCCC. The van der Waals surface area contributed by atoms with E-state index in [9.17, 15) is 38.7 Å². The minimum Gasteiger partial charge on any atom is -0.394 e. The van der Waals surface area contributed by atoms with Crippen LogP contribution in [-0.4, -0.2) is 107 Å². The van der Waals surface area contributed by atoms with Crippen molar-refractivity contribution < 1.29 is 57.0 Å². The van der Waals surface area contributed by atoms with E-state index >= 15 is 0 Å². The Labute approximate surface area is 294 Å². The monoisotopic (exact) mass is 723 g/mol. The number of allylic oxidation sites excluding steroid dienone is 3. The third-order valence-corrected chi connectivity index (χ3v) is 9.06. The van der Waals surface area contributed by atoms with E-state index in [1.165, 1.54) is 63.9 Å². The molecule has 0 aromatic rings. The average molecular weight is 724 g/mol. The first kappa shape index (κ1) is 45.6. The molecule has 14 heteroatoms. The van der Waals surface area contributed by atoms with Crippen LogP contribution in [-0.2, 0) is 28.9 Å². The second-order valence-corrected chi connectivity index (χ2v) is 14.0. The number of hydrogen-bond acceptors (Lipinski definition) is 11. The van der Waals surface area contributed by atoms with Gasteiger partial charge in [0.2, 0.25) is 5.91 Å². The summed E-state index contributed by atoms with van der Waals surface area (Å²) in [5.41, 5.74) is 0. The van der Waals surface area contributed by atoms with Crippen LogP contribution in [0.2, 0.25) is 0 Å². The second kappa shape index (κ2) is 27.2. The van der Waals surface area contributed by atoms with Crippen molar-refractivity contribution in [2.24, 2.45) is 0 Å². The normalized spacial score (nSPS) is 23.6. The number of nitrogens with one attached hydrogen (secondary N) is 1. The summed E-state index contributed by atoms with van der Waals surface area (Å²) in [6.07, 6.45) is 14.5. The fraction of sp³-hybridized carbons (Fsp3) is 0.857. The summed E-state index contributed by atoms with van der Waals surface area (Å²) in [6.45, 7) is 3.08. The fourth-order valence-corrected chi connectivity index (χ4v) is 6.10. The van der Waals surface area contributed by atoms with Crippen LogP contribution in [0.3, 0.4) is 0 Å². The first-order chi connectivity index (χ1) is 23.4. The van der Waals surface area contributed by atoms with Crippen molar-refractivity contribution in [3.05, 3.63) is 24.3 Å². The van der Waals surface area contributed by atoms with Crippen LogP contribution in [0.5, 0.6) is 0 Å². The molecule has 1 heterocycles. The van der Waals surface area contributed by atoms with Crippen LogP contribution in [0.25, 0.3) is 0 Å². The summed E-state index contributed by atoms with van der Waals surface area (Å²) in [4.78, 5) is 12.9. The molecule has 1 aliphatic heterocycles. The van der Waals surface area contributed by atoms with Gasteiger partial charge in [0.15, 0.2) is 6.29 Å². The summed E-state index contributed by atoms with van der Waals surface area (Å²) in [6, 6.07) is -1.13. The zero-order chi connectivity index (χ0) is 36.5. The van der Waals surface area contributed by atoms with E-state index < -0.39 is 78.5 Å². The number of carbonyl (C=O) groups is 1. The lowest BCUT2D eigenvalue weighted by atomic mass is 9.99. The zero-order valence-electron chi connectivity index (χ0n) is 29.6. The number of aliphatic hydroxyl groups is 5. The van der Waals surface area contributed by atoms with Gasteiger partial charge in [0, 0.05) is 0 Å². The predicted octanol–water partition coefficient (Wildman–Crippen LogP) is 4.01.